The van der Waals surface area contributed by atoms with Gasteiger partial charge in [0.25, 0.3) is 0 Å². The van der Waals surface area contributed by atoms with Crippen LogP contribution in [0.1, 0.15) is 55.4 Å². The van der Waals surface area contributed by atoms with Crippen molar-refractivity contribution in [3.05, 3.63) is 0 Å². The number of methoxy groups -OCH3 is 1. The fourth-order valence-corrected chi connectivity index (χ4v) is 4.23. The van der Waals surface area contributed by atoms with Crippen LogP contribution >= 0.6 is 0 Å². The van der Waals surface area contributed by atoms with Crippen molar-refractivity contribution in [2.24, 2.45) is 22.7 Å². The van der Waals surface area contributed by atoms with E-state index >= 15 is 0 Å². The average Bonchev–Trinajstić information content (AvgIpc) is 2.85. The van der Waals surface area contributed by atoms with E-state index in [9.17, 15) is 14.4 Å². The van der Waals surface area contributed by atoms with Gasteiger partial charge in [0.1, 0.15) is 12.1 Å². The van der Waals surface area contributed by atoms with Gasteiger partial charge in [-0.25, -0.2) is 9.59 Å². The van der Waals surface area contributed by atoms with Crippen molar-refractivity contribution >= 4 is 17.9 Å². The highest BCUT2D eigenvalue weighted by atomic mass is 16.5. The van der Waals surface area contributed by atoms with Gasteiger partial charge in [-0.05, 0) is 37.5 Å². The molecule has 0 aromatic carbocycles. The number of carbonyl (C=O) groups is 3. The van der Waals surface area contributed by atoms with E-state index in [1.54, 1.807) is 4.90 Å². The minimum Gasteiger partial charge on any atom is -0.467 e. The number of fused-ring (bicyclic) bond motifs is 1. The number of ether oxygens (including phenoxy) is 1. The Morgan fingerprint density at radius 3 is 2.11 bits per heavy atom. The summed E-state index contributed by atoms with van der Waals surface area (Å²) >= 11 is 0. The summed E-state index contributed by atoms with van der Waals surface area (Å²) in [5.74, 6) is -0.217. The zero-order valence-electron chi connectivity index (χ0n) is 18.1. The number of urea groups is 1. The second-order valence-corrected chi connectivity index (χ2v) is 10.6. The summed E-state index contributed by atoms with van der Waals surface area (Å²) in [4.78, 5) is 39.8. The van der Waals surface area contributed by atoms with Gasteiger partial charge in [0.05, 0.1) is 7.11 Å². The van der Waals surface area contributed by atoms with Gasteiger partial charge in [-0.3, -0.25) is 4.79 Å². The monoisotopic (exact) mass is 381 g/mol. The van der Waals surface area contributed by atoms with Crippen LogP contribution in [-0.2, 0) is 14.3 Å². The Kier molecular flexibility index (Phi) is 5.32. The van der Waals surface area contributed by atoms with Crippen LogP contribution in [0.5, 0.6) is 0 Å². The summed E-state index contributed by atoms with van der Waals surface area (Å²) in [6, 6.07) is -1.72. The number of nitrogens with zero attached hydrogens (tertiary/aromatic N) is 1. The van der Waals surface area contributed by atoms with Crippen molar-refractivity contribution in [1.82, 2.24) is 15.5 Å². The maximum absolute atomic E-state index is 13.4. The molecule has 4 atom stereocenters. The third kappa shape index (κ3) is 4.22. The fourth-order valence-electron chi connectivity index (χ4n) is 4.23. The van der Waals surface area contributed by atoms with Crippen LogP contribution in [0, 0.1) is 22.7 Å². The smallest absolute Gasteiger partial charge is 0.328 e. The largest absolute Gasteiger partial charge is 0.467 e. The number of esters is 1. The second-order valence-electron chi connectivity index (χ2n) is 10.6. The zero-order valence-corrected chi connectivity index (χ0v) is 18.1. The van der Waals surface area contributed by atoms with Gasteiger partial charge in [-0.2, -0.15) is 0 Å². The third-order valence-corrected chi connectivity index (χ3v) is 5.81. The molecule has 7 nitrogen and oxygen atoms in total. The molecule has 2 fully saturated rings. The predicted octanol–water partition coefficient (Wildman–Crippen LogP) is 2.15. The van der Waals surface area contributed by atoms with Gasteiger partial charge in [0.15, 0.2) is 0 Å². The van der Waals surface area contributed by atoms with Gasteiger partial charge >= 0.3 is 12.0 Å². The molecule has 0 aromatic rings. The van der Waals surface area contributed by atoms with Crippen molar-refractivity contribution in [2.45, 2.75) is 73.0 Å². The Bertz CT molecular complexity index is 630. The number of piperidine rings is 1. The van der Waals surface area contributed by atoms with E-state index < -0.39 is 29.1 Å². The summed E-state index contributed by atoms with van der Waals surface area (Å²) in [6.07, 6.45) is 0. The molecule has 0 spiro atoms. The molecule has 1 aliphatic heterocycles. The first-order valence-corrected chi connectivity index (χ1v) is 9.58. The fraction of sp³-hybridized carbons (Fsp3) is 0.850. The number of rotatable bonds is 3. The molecule has 0 aromatic heterocycles. The zero-order chi connectivity index (χ0) is 20.9. The Morgan fingerprint density at radius 1 is 1.11 bits per heavy atom. The molecule has 0 bridgehead atoms. The van der Waals surface area contributed by atoms with E-state index in [-0.39, 0.29) is 29.1 Å². The molecule has 1 saturated heterocycles. The molecule has 3 amide bonds. The quantitative estimate of drug-likeness (QED) is 0.733. The lowest BCUT2D eigenvalue weighted by Crippen LogP contribution is -2.60. The number of amides is 3. The highest BCUT2D eigenvalue weighted by molar-refractivity contribution is 5.92. The number of carbonyl (C=O) groups excluding carboxylic acids is 3. The van der Waals surface area contributed by atoms with E-state index in [0.717, 1.165) is 0 Å². The molecule has 7 heteroatoms. The van der Waals surface area contributed by atoms with Crippen LogP contribution in [0.15, 0.2) is 0 Å². The van der Waals surface area contributed by atoms with Crippen LogP contribution in [0.4, 0.5) is 4.79 Å². The standard InChI is InChI=1S/C20H35N3O4/c1-18(2,3)14(21-17(26)22-19(4,5)6)15(24)23-10-11-12(20(11,7)8)13(23)16(25)27-9/h11-14H,10H2,1-9H3,(H2,21,22,26)/t11-,12-,13-,14-/m0/s1. The van der Waals surface area contributed by atoms with E-state index in [1.165, 1.54) is 7.11 Å². The van der Waals surface area contributed by atoms with Crippen molar-refractivity contribution in [2.75, 3.05) is 13.7 Å². The lowest BCUT2D eigenvalue weighted by Gasteiger charge is -2.37. The minimum atomic E-state index is -0.743. The molecular weight excluding hydrogens is 346 g/mol. The number of likely N-dealkylation sites (tertiary alicyclic amines) is 1. The number of hydrogen-bond acceptors (Lipinski definition) is 4. The van der Waals surface area contributed by atoms with E-state index in [0.29, 0.717) is 6.54 Å². The van der Waals surface area contributed by atoms with E-state index in [2.05, 4.69) is 24.5 Å². The van der Waals surface area contributed by atoms with Crippen LogP contribution in [0.25, 0.3) is 0 Å². The normalized spacial score (nSPS) is 27.4. The molecule has 1 saturated carbocycles. The molecule has 2 rings (SSSR count). The molecule has 154 valence electrons. The summed E-state index contributed by atoms with van der Waals surface area (Å²) in [6.45, 7) is 16.1. The van der Waals surface area contributed by atoms with Gasteiger partial charge in [0, 0.05) is 18.0 Å². The summed E-state index contributed by atoms with van der Waals surface area (Å²) < 4.78 is 4.98. The number of nitrogens with one attached hydrogen (secondary N) is 2. The topological polar surface area (TPSA) is 87.7 Å². The van der Waals surface area contributed by atoms with Crippen molar-refractivity contribution in [1.29, 1.82) is 0 Å². The van der Waals surface area contributed by atoms with Crippen LogP contribution < -0.4 is 10.6 Å². The highest BCUT2D eigenvalue weighted by Crippen LogP contribution is 2.65. The first-order chi connectivity index (χ1) is 12.1. The molecule has 2 N–H and O–H groups in total. The molecule has 27 heavy (non-hydrogen) atoms. The van der Waals surface area contributed by atoms with Gasteiger partial charge in [0.2, 0.25) is 5.91 Å². The van der Waals surface area contributed by atoms with Crippen LogP contribution in [-0.4, -0.2) is 54.1 Å². The first-order valence-electron chi connectivity index (χ1n) is 9.58. The highest BCUT2D eigenvalue weighted by Gasteiger charge is 2.70. The van der Waals surface area contributed by atoms with Crippen LogP contribution in [0.3, 0.4) is 0 Å². The molecule has 2 aliphatic rings. The minimum absolute atomic E-state index is 0.0317. The maximum atomic E-state index is 13.4. The summed E-state index contributed by atoms with van der Waals surface area (Å²) in [5, 5.41) is 5.66. The molecule has 1 heterocycles. The molecule has 1 aliphatic carbocycles. The first kappa shape index (κ1) is 21.5. The Labute approximate surface area is 162 Å². The Hall–Kier alpha value is -1.79. The lowest BCUT2D eigenvalue weighted by molar-refractivity contribution is -0.154. The van der Waals surface area contributed by atoms with E-state index in [4.69, 9.17) is 4.74 Å². The van der Waals surface area contributed by atoms with E-state index in [1.807, 2.05) is 41.5 Å². The van der Waals surface area contributed by atoms with Crippen molar-refractivity contribution < 1.29 is 19.1 Å². The van der Waals surface area contributed by atoms with Crippen LogP contribution in [0.2, 0.25) is 0 Å². The Morgan fingerprint density at radius 2 is 1.67 bits per heavy atom. The van der Waals surface area contributed by atoms with Crippen molar-refractivity contribution in [3.63, 3.8) is 0 Å². The summed E-state index contributed by atoms with van der Waals surface area (Å²) in [7, 11) is 1.35. The van der Waals surface area contributed by atoms with Gasteiger partial charge in [-0.1, -0.05) is 34.6 Å². The third-order valence-electron chi connectivity index (χ3n) is 5.81. The molecular formula is C20H35N3O4. The Balaban J connectivity index is 2.23. The van der Waals surface area contributed by atoms with Gasteiger partial charge < -0.3 is 20.3 Å². The SMILES string of the molecule is COC(=O)[C@@H]1[C@@H]2[C@H](CN1C(=O)[C@H](NC(=O)NC(C)(C)C)C(C)(C)C)C2(C)C. The average molecular weight is 382 g/mol. The van der Waals surface area contributed by atoms with Gasteiger partial charge in [-0.15, -0.1) is 0 Å². The maximum Gasteiger partial charge on any atom is 0.328 e. The summed E-state index contributed by atoms with van der Waals surface area (Å²) in [5.41, 5.74) is -0.886. The number of hydrogen-bond donors (Lipinski definition) is 2. The lowest BCUT2D eigenvalue weighted by atomic mass is 9.85. The molecule has 0 unspecified atom stereocenters. The predicted molar refractivity (Wildman–Crippen MR) is 103 cm³/mol. The second kappa shape index (κ2) is 6.67. The van der Waals surface area contributed by atoms with Crippen molar-refractivity contribution in [3.8, 4) is 0 Å². The molecule has 0 radical (unpaired) electrons.